The molecule has 3 heteroatoms. The van der Waals surface area contributed by atoms with Gasteiger partial charge in [-0.25, -0.2) is 0 Å². The summed E-state index contributed by atoms with van der Waals surface area (Å²) in [7, 11) is 1.68. The summed E-state index contributed by atoms with van der Waals surface area (Å²) in [5.74, 6) is 0.906. The van der Waals surface area contributed by atoms with Gasteiger partial charge in [0.25, 0.3) is 0 Å². The van der Waals surface area contributed by atoms with Crippen LogP contribution >= 0.6 is 11.3 Å². The predicted molar refractivity (Wildman–Crippen MR) is 57.5 cm³/mol. The summed E-state index contributed by atoms with van der Waals surface area (Å²) in [6, 6.07) is 3.80. The number of hydrogen-bond acceptors (Lipinski definition) is 3. The molecule has 0 spiro atoms. The first-order chi connectivity index (χ1) is 6.24. The number of hydrogen-bond donors (Lipinski definition) is 1. The van der Waals surface area contributed by atoms with Crippen LogP contribution in [0.5, 0.6) is 5.75 Å². The minimum atomic E-state index is 0.828. The van der Waals surface area contributed by atoms with Crippen LogP contribution in [-0.2, 0) is 0 Å². The van der Waals surface area contributed by atoms with Crippen molar-refractivity contribution in [1.29, 1.82) is 0 Å². The van der Waals surface area contributed by atoms with Gasteiger partial charge in [-0.15, -0.1) is 11.3 Å². The summed E-state index contributed by atoms with van der Waals surface area (Å²) in [5.41, 5.74) is 7.90. The first-order valence-corrected chi connectivity index (χ1v) is 4.92. The van der Waals surface area contributed by atoms with Crippen LogP contribution in [0.3, 0.4) is 0 Å². The number of thiophene rings is 1. The molecule has 68 valence electrons. The summed E-state index contributed by atoms with van der Waals surface area (Å²) >= 11 is 1.67. The number of anilines is 1. The van der Waals surface area contributed by atoms with E-state index < -0.39 is 0 Å². The molecule has 1 heterocycles. The van der Waals surface area contributed by atoms with Gasteiger partial charge in [0.05, 0.1) is 11.8 Å². The maximum absolute atomic E-state index is 5.85. The average molecular weight is 193 g/mol. The molecule has 0 saturated carbocycles. The van der Waals surface area contributed by atoms with E-state index in [2.05, 4.69) is 12.3 Å². The van der Waals surface area contributed by atoms with Gasteiger partial charge in [0, 0.05) is 11.1 Å². The van der Waals surface area contributed by atoms with Gasteiger partial charge in [-0.1, -0.05) is 0 Å². The number of fused-ring (bicyclic) bond motifs is 1. The van der Waals surface area contributed by atoms with Crippen molar-refractivity contribution in [3.05, 3.63) is 23.1 Å². The van der Waals surface area contributed by atoms with E-state index in [1.807, 2.05) is 12.1 Å². The predicted octanol–water partition coefficient (Wildman–Crippen LogP) is 2.80. The van der Waals surface area contributed by atoms with Crippen LogP contribution in [0.2, 0.25) is 0 Å². The Balaban J connectivity index is 2.88. The lowest BCUT2D eigenvalue weighted by Gasteiger charge is -2.04. The topological polar surface area (TPSA) is 35.2 Å². The minimum absolute atomic E-state index is 0.828. The highest BCUT2D eigenvalue weighted by molar-refractivity contribution is 7.18. The van der Waals surface area contributed by atoms with Gasteiger partial charge in [-0.05, 0) is 30.0 Å². The maximum Gasteiger partial charge on any atom is 0.127 e. The monoisotopic (exact) mass is 193 g/mol. The summed E-state index contributed by atoms with van der Waals surface area (Å²) in [6.07, 6.45) is 0. The van der Waals surface area contributed by atoms with Crippen molar-refractivity contribution in [1.82, 2.24) is 0 Å². The Morgan fingerprint density at radius 2 is 2.15 bits per heavy atom. The lowest BCUT2D eigenvalue weighted by atomic mass is 10.1. The van der Waals surface area contributed by atoms with Crippen molar-refractivity contribution in [2.75, 3.05) is 12.8 Å². The largest absolute Gasteiger partial charge is 0.496 e. The number of methoxy groups -OCH3 is 1. The van der Waals surface area contributed by atoms with Crippen molar-refractivity contribution in [2.45, 2.75) is 6.92 Å². The minimum Gasteiger partial charge on any atom is -0.496 e. The Kier molecular flexibility index (Phi) is 1.88. The van der Waals surface area contributed by atoms with Crippen LogP contribution < -0.4 is 10.5 Å². The van der Waals surface area contributed by atoms with E-state index >= 15 is 0 Å². The van der Waals surface area contributed by atoms with Gasteiger partial charge < -0.3 is 10.5 Å². The number of nitrogen functional groups attached to an aromatic ring is 1. The van der Waals surface area contributed by atoms with Gasteiger partial charge in [0.15, 0.2) is 0 Å². The number of benzene rings is 1. The first kappa shape index (κ1) is 8.38. The lowest BCUT2D eigenvalue weighted by Crippen LogP contribution is -1.88. The Labute approximate surface area is 80.9 Å². The summed E-state index contributed by atoms with van der Waals surface area (Å²) in [6.45, 7) is 2.07. The third-order valence-corrected chi connectivity index (χ3v) is 3.26. The average Bonchev–Trinajstić information content (AvgIpc) is 2.51. The zero-order valence-corrected chi connectivity index (χ0v) is 8.44. The highest BCUT2D eigenvalue weighted by atomic mass is 32.1. The van der Waals surface area contributed by atoms with E-state index in [9.17, 15) is 0 Å². The second kappa shape index (κ2) is 2.92. The fourth-order valence-corrected chi connectivity index (χ4v) is 2.45. The summed E-state index contributed by atoms with van der Waals surface area (Å²) in [5, 5.41) is 3.25. The SMILES string of the molecule is COc1ccc(N)c2scc(C)c12. The molecule has 0 radical (unpaired) electrons. The molecule has 1 aromatic heterocycles. The molecule has 2 nitrogen and oxygen atoms in total. The quantitative estimate of drug-likeness (QED) is 0.707. The molecule has 0 aliphatic rings. The molecule has 0 bridgehead atoms. The molecule has 0 aliphatic carbocycles. The fraction of sp³-hybridized carbons (Fsp3) is 0.200. The van der Waals surface area contributed by atoms with E-state index in [4.69, 9.17) is 10.5 Å². The van der Waals surface area contributed by atoms with Crippen molar-refractivity contribution in [2.24, 2.45) is 0 Å². The molecule has 2 aromatic rings. The van der Waals surface area contributed by atoms with Crippen LogP contribution in [0, 0.1) is 6.92 Å². The Hall–Kier alpha value is -1.22. The molecule has 2 N–H and O–H groups in total. The van der Waals surface area contributed by atoms with Crippen molar-refractivity contribution < 1.29 is 4.74 Å². The molecule has 0 atom stereocenters. The van der Waals surface area contributed by atoms with Gasteiger partial charge in [0.1, 0.15) is 5.75 Å². The van der Waals surface area contributed by atoms with Crippen molar-refractivity contribution in [3.63, 3.8) is 0 Å². The molecule has 0 fully saturated rings. The third-order valence-electron chi connectivity index (χ3n) is 2.12. The standard InChI is InChI=1S/C10H11NOS/c1-6-5-13-10-7(11)3-4-8(12-2)9(6)10/h3-5H,11H2,1-2H3. The second-order valence-corrected chi connectivity index (χ2v) is 3.86. The molecule has 13 heavy (non-hydrogen) atoms. The third kappa shape index (κ3) is 1.16. The summed E-state index contributed by atoms with van der Waals surface area (Å²) < 4.78 is 6.39. The Morgan fingerprint density at radius 1 is 1.38 bits per heavy atom. The van der Waals surface area contributed by atoms with E-state index in [1.165, 1.54) is 5.56 Å². The molecule has 0 amide bonds. The fourth-order valence-electron chi connectivity index (χ4n) is 1.46. The maximum atomic E-state index is 5.85. The highest BCUT2D eigenvalue weighted by Crippen LogP contribution is 2.36. The Morgan fingerprint density at radius 3 is 2.85 bits per heavy atom. The molecular weight excluding hydrogens is 182 g/mol. The van der Waals surface area contributed by atoms with Crippen LogP contribution in [0.1, 0.15) is 5.56 Å². The molecule has 0 unspecified atom stereocenters. The molecule has 2 rings (SSSR count). The lowest BCUT2D eigenvalue weighted by molar-refractivity contribution is 0.420. The van der Waals surface area contributed by atoms with Gasteiger partial charge in [-0.2, -0.15) is 0 Å². The summed E-state index contributed by atoms with van der Waals surface area (Å²) in [4.78, 5) is 0. The van der Waals surface area contributed by atoms with E-state index in [0.29, 0.717) is 0 Å². The number of rotatable bonds is 1. The second-order valence-electron chi connectivity index (χ2n) is 2.98. The van der Waals surface area contributed by atoms with Crippen molar-refractivity contribution in [3.8, 4) is 5.75 Å². The Bertz CT molecular complexity index is 447. The van der Waals surface area contributed by atoms with Gasteiger partial charge in [0.2, 0.25) is 0 Å². The van der Waals surface area contributed by atoms with Gasteiger partial charge >= 0.3 is 0 Å². The van der Waals surface area contributed by atoms with E-state index in [0.717, 1.165) is 21.5 Å². The molecule has 0 saturated heterocycles. The first-order valence-electron chi connectivity index (χ1n) is 4.04. The van der Waals surface area contributed by atoms with Crippen LogP contribution in [0.15, 0.2) is 17.5 Å². The molecule has 1 aromatic carbocycles. The van der Waals surface area contributed by atoms with E-state index in [1.54, 1.807) is 18.4 Å². The van der Waals surface area contributed by atoms with Crippen LogP contribution in [0.25, 0.3) is 10.1 Å². The molecule has 0 aliphatic heterocycles. The number of nitrogens with two attached hydrogens (primary N) is 1. The van der Waals surface area contributed by atoms with Crippen LogP contribution in [0.4, 0.5) is 5.69 Å². The number of aryl methyl sites for hydroxylation is 1. The van der Waals surface area contributed by atoms with E-state index in [-0.39, 0.29) is 0 Å². The van der Waals surface area contributed by atoms with Crippen LogP contribution in [-0.4, -0.2) is 7.11 Å². The zero-order valence-electron chi connectivity index (χ0n) is 7.63. The van der Waals surface area contributed by atoms with Crippen molar-refractivity contribution >= 4 is 27.1 Å². The normalized spacial score (nSPS) is 10.6. The highest BCUT2D eigenvalue weighted by Gasteiger charge is 2.08. The number of ether oxygens (including phenoxy) is 1. The molecular formula is C10H11NOS. The zero-order chi connectivity index (χ0) is 9.42. The van der Waals surface area contributed by atoms with Gasteiger partial charge in [-0.3, -0.25) is 0 Å². The smallest absolute Gasteiger partial charge is 0.127 e.